The number of nitrogens with zero attached hydrogens (tertiary/aromatic N) is 1. The monoisotopic (exact) mass is 265 g/mol. The summed E-state index contributed by atoms with van der Waals surface area (Å²) in [4.78, 5) is 19.0. The summed E-state index contributed by atoms with van der Waals surface area (Å²) < 4.78 is 0. The fourth-order valence-electron chi connectivity index (χ4n) is 1.49. The average Bonchev–Trinajstić information content (AvgIpc) is 2.79. The van der Waals surface area contributed by atoms with Gasteiger partial charge in [0, 0.05) is 6.04 Å². The molecule has 18 heavy (non-hydrogen) atoms. The minimum atomic E-state index is -0.214. The first-order valence-corrected chi connectivity index (χ1v) is 6.65. The maximum atomic E-state index is 11.5. The van der Waals surface area contributed by atoms with Gasteiger partial charge in [0.25, 0.3) is 0 Å². The molecule has 0 saturated carbocycles. The summed E-state index contributed by atoms with van der Waals surface area (Å²) in [6.45, 7) is 1.70. The van der Waals surface area contributed by atoms with Crippen LogP contribution in [0.25, 0.3) is 11.0 Å². The van der Waals surface area contributed by atoms with Gasteiger partial charge in [-0.25, -0.2) is 4.98 Å². The molecule has 0 spiro atoms. The van der Waals surface area contributed by atoms with Gasteiger partial charge in [-0.05, 0) is 19.1 Å². The number of carbonyl (C=O) groups is 1. The molecule has 0 aliphatic rings. The number of para-hydroxylation sites is 2. The third-order valence-electron chi connectivity index (χ3n) is 2.39. The van der Waals surface area contributed by atoms with Crippen LogP contribution in [0.15, 0.2) is 29.4 Å². The van der Waals surface area contributed by atoms with Gasteiger partial charge in [0.2, 0.25) is 5.91 Å². The number of carbonyl (C=O) groups excluding carboxylic acids is 1. The molecule has 0 unspecified atom stereocenters. The molecule has 6 heteroatoms. The smallest absolute Gasteiger partial charge is 0.230 e. The number of rotatable bonds is 5. The normalized spacial score (nSPS) is 12.6. The Balaban J connectivity index is 1.92. The number of benzene rings is 1. The van der Waals surface area contributed by atoms with Gasteiger partial charge < -0.3 is 15.4 Å². The van der Waals surface area contributed by atoms with E-state index in [1.54, 1.807) is 6.92 Å². The highest BCUT2D eigenvalue weighted by Crippen LogP contribution is 2.18. The molecule has 1 atom stereocenters. The number of aromatic nitrogens is 2. The molecule has 2 aromatic rings. The van der Waals surface area contributed by atoms with Crippen LogP contribution < -0.4 is 5.32 Å². The fraction of sp³-hybridized carbons (Fsp3) is 0.333. The third-order valence-corrected chi connectivity index (χ3v) is 3.26. The molecule has 0 fully saturated rings. The van der Waals surface area contributed by atoms with Gasteiger partial charge in [-0.1, -0.05) is 23.9 Å². The minimum Gasteiger partial charge on any atom is -0.394 e. The first-order valence-electron chi connectivity index (χ1n) is 5.67. The van der Waals surface area contributed by atoms with Crippen molar-refractivity contribution in [1.29, 1.82) is 0 Å². The van der Waals surface area contributed by atoms with E-state index in [0.29, 0.717) is 0 Å². The zero-order valence-corrected chi connectivity index (χ0v) is 10.8. The van der Waals surface area contributed by atoms with Gasteiger partial charge in [0.1, 0.15) is 0 Å². The molecule has 1 heterocycles. The molecule has 0 saturated heterocycles. The molecular formula is C12H15N3O2S. The summed E-state index contributed by atoms with van der Waals surface area (Å²) in [5.41, 5.74) is 1.85. The lowest BCUT2D eigenvalue weighted by Crippen LogP contribution is -2.36. The molecule has 1 aromatic carbocycles. The van der Waals surface area contributed by atoms with Crippen molar-refractivity contribution in [2.45, 2.75) is 18.1 Å². The molecule has 0 bridgehead atoms. The Morgan fingerprint density at radius 2 is 2.33 bits per heavy atom. The number of aromatic amines is 1. The number of hydrogen-bond donors (Lipinski definition) is 3. The Bertz CT molecular complexity index is 508. The van der Waals surface area contributed by atoms with E-state index in [2.05, 4.69) is 15.3 Å². The lowest BCUT2D eigenvalue weighted by molar-refractivity contribution is -0.119. The Kier molecular flexibility index (Phi) is 4.22. The number of H-pyrrole nitrogens is 1. The van der Waals surface area contributed by atoms with E-state index in [0.717, 1.165) is 16.2 Å². The van der Waals surface area contributed by atoms with E-state index in [1.807, 2.05) is 24.3 Å². The van der Waals surface area contributed by atoms with Crippen molar-refractivity contribution in [3.63, 3.8) is 0 Å². The fourth-order valence-corrected chi connectivity index (χ4v) is 2.19. The topological polar surface area (TPSA) is 78.0 Å². The van der Waals surface area contributed by atoms with Crippen LogP contribution in [0.4, 0.5) is 0 Å². The van der Waals surface area contributed by atoms with Crippen molar-refractivity contribution in [3.8, 4) is 0 Å². The molecule has 0 aliphatic carbocycles. The van der Waals surface area contributed by atoms with Gasteiger partial charge in [-0.3, -0.25) is 4.79 Å². The summed E-state index contributed by atoms with van der Waals surface area (Å²) in [5, 5.41) is 12.2. The Labute approximate surface area is 109 Å². The van der Waals surface area contributed by atoms with E-state index in [-0.39, 0.29) is 24.3 Å². The van der Waals surface area contributed by atoms with Gasteiger partial charge in [0.05, 0.1) is 23.4 Å². The number of fused-ring (bicyclic) bond motifs is 1. The summed E-state index contributed by atoms with van der Waals surface area (Å²) >= 11 is 1.35. The Hall–Kier alpha value is -1.53. The summed E-state index contributed by atoms with van der Waals surface area (Å²) in [5.74, 6) is 0.173. The molecule has 96 valence electrons. The van der Waals surface area contributed by atoms with E-state index >= 15 is 0 Å². The summed E-state index contributed by atoms with van der Waals surface area (Å²) in [6.07, 6.45) is 0. The lowest BCUT2D eigenvalue weighted by Gasteiger charge is -2.09. The van der Waals surface area contributed by atoms with Crippen molar-refractivity contribution in [2.75, 3.05) is 12.4 Å². The van der Waals surface area contributed by atoms with E-state index < -0.39 is 0 Å². The zero-order valence-electron chi connectivity index (χ0n) is 10.0. The van der Waals surface area contributed by atoms with Crippen LogP contribution in [0.5, 0.6) is 0 Å². The predicted octanol–water partition coefficient (Wildman–Crippen LogP) is 1.15. The van der Waals surface area contributed by atoms with Gasteiger partial charge in [-0.15, -0.1) is 0 Å². The van der Waals surface area contributed by atoms with Crippen molar-refractivity contribution in [3.05, 3.63) is 24.3 Å². The average molecular weight is 265 g/mol. The van der Waals surface area contributed by atoms with Crippen LogP contribution in [-0.4, -0.2) is 39.4 Å². The molecule has 2 rings (SSSR count). The van der Waals surface area contributed by atoms with Crippen molar-refractivity contribution in [2.24, 2.45) is 0 Å². The highest BCUT2D eigenvalue weighted by molar-refractivity contribution is 7.99. The van der Waals surface area contributed by atoms with Crippen molar-refractivity contribution in [1.82, 2.24) is 15.3 Å². The molecule has 5 nitrogen and oxygen atoms in total. The number of nitrogens with one attached hydrogen (secondary N) is 2. The number of amides is 1. The molecule has 0 radical (unpaired) electrons. The SMILES string of the molecule is C[C@H](CO)NC(=O)CSc1nc2ccccc2[nH]1. The van der Waals surface area contributed by atoms with E-state index in [1.165, 1.54) is 11.8 Å². The lowest BCUT2D eigenvalue weighted by atomic mass is 10.3. The highest BCUT2D eigenvalue weighted by atomic mass is 32.2. The maximum absolute atomic E-state index is 11.5. The second kappa shape index (κ2) is 5.88. The van der Waals surface area contributed by atoms with Crippen LogP contribution >= 0.6 is 11.8 Å². The number of hydrogen-bond acceptors (Lipinski definition) is 4. The molecular weight excluding hydrogens is 250 g/mol. The molecule has 1 amide bonds. The molecule has 1 aromatic heterocycles. The summed E-state index contributed by atoms with van der Waals surface area (Å²) in [6, 6.07) is 7.51. The van der Waals surface area contributed by atoms with Gasteiger partial charge in [0.15, 0.2) is 5.16 Å². The van der Waals surface area contributed by atoms with Crippen LogP contribution in [-0.2, 0) is 4.79 Å². The van der Waals surface area contributed by atoms with E-state index in [9.17, 15) is 4.79 Å². The van der Waals surface area contributed by atoms with Crippen molar-refractivity contribution < 1.29 is 9.90 Å². The third kappa shape index (κ3) is 3.24. The van der Waals surface area contributed by atoms with Crippen molar-refractivity contribution >= 4 is 28.7 Å². The minimum absolute atomic E-state index is 0.0545. The summed E-state index contributed by atoms with van der Waals surface area (Å²) in [7, 11) is 0. The van der Waals surface area contributed by atoms with E-state index in [4.69, 9.17) is 5.11 Å². The predicted molar refractivity (Wildman–Crippen MR) is 71.5 cm³/mol. The quantitative estimate of drug-likeness (QED) is 0.709. The second-order valence-corrected chi connectivity index (χ2v) is 4.96. The Morgan fingerprint density at radius 3 is 3.06 bits per heavy atom. The highest BCUT2D eigenvalue weighted by Gasteiger charge is 2.08. The maximum Gasteiger partial charge on any atom is 0.230 e. The standard InChI is InChI=1S/C12H15N3O2S/c1-8(6-16)13-11(17)7-18-12-14-9-4-2-3-5-10(9)15-12/h2-5,8,16H,6-7H2,1H3,(H,13,17)(H,14,15)/t8-/m1/s1. The first-order chi connectivity index (χ1) is 8.69. The number of aliphatic hydroxyl groups excluding tert-OH is 1. The number of thioether (sulfide) groups is 1. The van der Waals surface area contributed by atoms with Gasteiger partial charge >= 0.3 is 0 Å². The molecule has 0 aliphatic heterocycles. The van der Waals surface area contributed by atoms with Gasteiger partial charge in [-0.2, -0.15) is 0 Å². The molecule has 3 N–H and O–H groups in total. The van der Waals surface area contributed by atoms with Crippen LogP contribution in [0.2, 0.25) is 0 Å². The number of imidazole rings is 1. The van der Waals surface area contributed by atoms with Crippen LogP contribution in [0.3, 0.4) is 0 Å². The second-order valence-electron chi connectivity index (χ2n) is 4.00. The largest absolute Gasteiger partial charge is 0.394 e. The zero-order chi connectivity index (χ0) is 13.0. The van der Waals surface area contributed by atoms with Crippen LogP contribution in [0, 0.1) is 0 Å². The number of aliphatic hydroxyl groups is 1. The Morgan fingerprint density at radius 1 is 1.56 bits per heavy atom. The van der Waals surface area contributed by atoms with Crippen LogP contribution in [0.1, 0.15) is 6.92 Å². The first kappa shape index (κ1) is 12.9.